The van der Waals surface area contributed by atoms with Gasteiger partial charge in [-0.05, 0) is 18.2 Å². The second kappa shape index (κ2) is 3.85. The summed E-state index contributed by atoms with van der Waals surface area (Å²) < 4.78 is 1.96. The Labute approximate surface area is 98.8 Å². The fraction of sp³-hybridized carbons (Fsp3) is 0.333. The van der Waals surface area contributed by atoms with E-state index in [0.29, 0.717) is 0 Å². The molecule has 5 nitrogen and oxygen atoms in total. The molecule has 2 N–H and O–H groups in total. The topological polar surface area (TPSA) is 59.0 Å². The van der Waals surface area contributed by atoms with Crippen LogP contribution in [0, 0.1) is 5.92 Å². The Hall–Kier alpha value is -1.88. The monoisotopic (exact) mass is 230 g/mol. The molecule has 1 saturated heterocycles. The van der Waals surface area contributed by atoms with Gasteiger partial charge >= 0.3 is 0 Å². The number of carbonyl (C=O) groups is 1. The normalized spacial score (nSPS) is 15.8. The molecule has 5 heteroatoms. The Bertz CT molecular complexity index is 571. The highest BCUT2D eigenvalue weighted by Crippen LogP contribution is 2.18. The first kappa shape index (κ1) is 10.3. The number of hydrogen-bond acceptors (Lipinski definition) is 3. The van der Waals surface area contributed by atoms with E-state index in [-0.39, 0.29) is 11.8 Å². The van der Waals surface area contributed by atoms with E-state index in [9.17, 15) is 4.79 Å². The lowest BCUT2D eigenvalue weighted by atomic mass is 10.0. The summed E-state index contributed by atoms with van der Waals surface area (Å²) in [5, 5.41) is 6.00. The van der Waals surface area contributed by atoms with Crippen molar-refractivity contribution in [1.82, 2.24) is 14.9 Å². The summed E-state index contributed by atoms with van der Waals surface area (Å²) >= 11 is 0. The SMILES string of the molecule is Cn1cnc2cc(NC(=O)C3CNC3)ccc21. The molecule has 0 saturated carbocycles. The van der Waals surface area contributed by atoms with E-state index in [2.05, 4.69) is 15.6 Å². The van der Waals surface area contributed by atoms with Crippen LogP contribution in [0.3, 0.4) is 0 Å². The molecule has 1 fully saturated rings. The van der Waals surface area contributed by atoms with Gasteiger partial charge in [0.15, 0.2) is 0 Å². The number of fused-ring (bicyclic) bond motifs is 1. The number of hydrogen-bond donors (Lipinski definition) is 2. The molecule has 0 aliphatic carbocycles. The Kier molecular flexibility index (Phi) is 2.33. The number of aromatic nitrogens is 2. The maximum Gasteiger partial charge on any atom is 0.230 e. The van der Waals surface area contributed by atoms with Gasteiger partial charge < -0.3 is 15.2 Å². The highest BCUT2D eigenvalue weighted by Gasteiger charge is 2.24. The van der Waals surface area contributed by atoms with Crippen molar-refractivity contribution in [3.05, 3.63) is 24.5 Å². The third-order valence-electron chi connectivity index (χ3n) is 3.15. The van der Waals surface area contributed by atoms with Crippen molar-refractivity contribution >= 4 is 22.6 Å². The van der Waals surface area contributed by atoms with Gasteiger partial charge in [0.1, 0.15) is 0 Å². The molecular weight excluding hydrogens is 216 g/mol. The zero-order chi connectivity index (χ0) is 11.8. The fourth-order valence-electron chi connectivity index (χ4n) is 1.93. The number of rotatable bonds is 2. The number of amides is 1. The number of imidazole rings is 1. The Morgan fingerprint density at radius 1 is 1.53 bits per heavy atom. The molecule has 0 radical (unpaired) electrons. The molecule has 1 aromatic heterocycles. The Morgan fingerprint density at radius 2 is 2.35 bits per heavy atom. The van der Waals surface area contributed by atoms with Gasteiger partial charge in [-0.2, -0.15) is 0 Å². The minimum atomic E-state index is 0.0824. The standard InChI is InChI=1S/C12H14N4O/c1-16-7-14-10-4-9(2-3-11(10)16)15-12(17)8-5-13-6-8/h2-4,7-8,13H,5-6H2,1H3,(H,15,17). The Morgan fingerprint density at radius 3 is 3.06 bits per heavy atom. The minimum absolute atomic E-state index is 0.0824. The molecule has 0 atom stereocenters. The molecule has 0 bridgehead atoms. The summed E-state index contributed by atoms with van der Waals surface area (Å²) in [6.07, 6.45) is 1.77. The van der Waals surface area contributed by atoms with Crippen LogP contribution in [0.5, 0.6) is 0 Å². The predicted octanol–water partition coefficient (Wildman–Crippen LogP) is 0.731. The third kappa shape index (κ3) is 1.78. The first-order chi connectivity index (χ1) is 8.24. The number of nitrogens with zero attached hydrogens (tertiary/aromatic N) is 2. The predicted molar refractivity (Wildman–Crippen MR) is 65.7 cm³/mol. The van der Waals surface area contributed by atoms with E-state index >= 15 is 0 Å². The summed E-state index contributed by atoms with van der Waals surface area (Å²) in [4.78, 5) is 16.0. The average molecular weight is 230 g/mol. The van der Waals surface area contributed by atoms with Crippen LogP contribution >= 0.6 is 0 Å². The number of carbonyl (C=O) groups excluding carboxylic acids is 1. The van der Waals surface area contributed by atoms with Crippen LogP contribution in [-0.2, 0) is 11.8 Å². The van der Waals surface area contributed by atoms with Gasteiger partial charge in [0.05, 0.1) is 23.3 Å². The molecule has 3 rings (SSSR count). The molecule has 88 valence electrons. The van der Waals surface area contributed by atoms with Crippen molar-refractivity contribution in [2.24, 2.45) is 13.0 Å². The minimum Gasteiger partial charge on any atom is -0.334 e. The van der Waals surface area contributed by atoms with Gasteiger partial charge in [0.2, 0.25) is 5.91 Å². The van der Waals surface area contributed by atoms with Gasteiger partial charge in [-0.3, -0.25) is 4.79 Å². The molecule has 1 aliphatic heterocycles. The highest BCUT2D eigenvalue weighted by molar-refractivity contribution is 5.95. The first-order valence-corrected chi connectivity index (χ1v) is 5.67. The molecule has 1 aliphatic rings. The number of benzene rings is 1. The van der Waals surface area contributed by atoms with Gasteiger partial charge in [-0.25, -0.2) is 4.98 Å². The zero-order valence-corrected chi connectivity index (χ0v) is 9.60. The van der Waals surface area contributed by atoms with Gasteiger partial charge in [0, 0.05) is 25.8 Å². The third-order valence-corrected chi connectivity index (χ3v) is 3.15. The quantitative estimate of drug-likeness (QED) is 0.799. The zero-order valence-electron chi connectivity index (χ0n) is 9.60. The maximum atomic E-state index is 11.8. The largest absolute Gasteiger partial charge is 0.334 e. The lowest BCUT2D eigenvalue weighted by Crippen LogP contribution is -2.48. The van der Waals surface area contributed by atoms with Crippen molar-refractivity contribution in [1.29, 1.82) is 0 Å². The number of anilines is 1. The number of nitrogens with one attached hydrogen (secondary N) is 2. The van der Waals surface area contributed by atoms with Crippen molar-refractivity contribution in [2.75, 3.05) is 18.4 Å². The van der Waals surface area contributed by atoms with E-state index in [1.54, 1.807) is 6.33 Å². The van der Waals surface area contributed by atoms with Crippen molar-refractivity contribution in [2.45, 2.75) is 0 Å². The molecule has 0 unspecified atom stereocenters. The van der Waals surface area contributed by atoms with Crippen molar-refractivity contribution in [3.63, 3.8) is 0 Å². The summed E-state index contributed by atoms with van der Waals surface area (Å²) in [5.74, 6) is 0.188. The average Bonchev–Trinajstić information content (AvgIpc) is 2.57. The van der Waals surface area contributed by atoms with Crippen LogP contribution < -0.4 is 10.6 Å². The molecule has 2 heterocycles. The van der Waals surface area contributed by atoms with Gasteiger partial charge in [-0.15, -0.1) is 0 Å². The fourth-order valence-corrected chi connectivity index (χ4v) is 1.93. The molecule has 2 aromatic rings. The molecule has 1 aromatic carbocycles. The lowest BCUT2D eigenvalue weighted by Gasteiger charge is -2.25. The highest BCUT2D eigenvalue weighted by atomic mass is 16.2. The van der Waals surface area contributed by atoms with Crippen molar-refractivity contribution in [3.8, 4) is 0 Å². The second-order valence-corrected chi connectivity index (χ2v) is 4.40. The summed E-state index contributed by atoms with van der Waals surface area (Å²) in [5.41, 5.74) is 2.78. The van der Waals surface area contributed by atoms with E-state index in [1.807, 2.05) is 29.8 Å². The van der Waals surface area contributed by atoms with Crippen LogP contribution in [0.15, 0.2) is 24.5 Å². The van der Waals surface area contributed by atoms with Gasteiger partial charge in [-0.1, -0.05) is 0 Å². The van der Waals surface area contributed by atoms with E-state index in [1.165, 1.54) is 0 Å². The summed E-state index contributed by atoms with van der Waals surface area (Å²) in [6, 6.07) is 5.78. The second-order valence-electron chi connectivity index (χ2n) is 4.40. The van der Waals surface area contributed by atoms with Crippen LogP contribution in [0.1, 0.15) is 0 Å². The smallest absolute Gasteiger partial charge is 0.230 e. The van der Waals surface area contributed by atoms with Crippen LogP contribution in [0.2, 0.25) is 0 Å². The molecule has 1 amide bonds. The Balaban J connectivity index is 1.83. The van der Waals surface area contributed by atoms with Crippen LogP contribution in [-0.4, -0.2) is 28.5 Å². The first-order valence-electron chi connectivity index (χ1n) is 5.67. The van der Waals surface area contributed by atoms with Crippen LogP contribution in [0.4, 0.5) is 5.69 Å². The summed E-state index contributed by atoms with van der Waals surface area (Å²) in [6.45, 7) is 1.55. The van der Waals surface area contributed by atoms with E-state index in [4.69, 9.17) is 0 Å². The van der Waals surface area contributed by atoms with Crippen LogP contribution in [0.25, 0.3) is 11.0 Å². The maximum absolute atomic E-state index is 11.8. The molecular formula is C12H14N4O. The van der Waals surface area contributed by atoms with E-state index in [0.717, 1.165) is 29.8 Å². The van der Waals surface area contributed by atoms with E-state index < -0.39 is 0 Å². The molecule has 17 heavy (non-hydrogen) atoms. The summed E-state index contributed by atoms with van der Waals surface area (Å²) in [7, 11) is 1.95. The molecule has 0 spiro atoms. The lowest BCUT2D eigenvalue weighted by molar-refractivity contribution is -0.121. The number of aryl methyl sites for hydroxylation is 1. The van der Waals surface area contributed by atoms with Gasteiger partial charge in [0.25, 0.3) is 0 Å². The van der Waals surface area contributed by atoms with Crippen molar-refractivity contribution < 1.29 is 4.79 Å².